The highest BCUT2D eigenvalue weighted by atomic mass is 16.1. The van der Waals surface area contributed by atoms with Crippen LogP contribution in [0, 0.1) is 5.92 Å². The molecule has 19 heavy (non-hydrogen) atoms. The van der Waals surface area contributed by atoms with E-state index in [1.165, 1.54) is 0 Å². The van der Waals surface area contributed by atoms with Crippen molar-refractivity contribution in [2.45, 2.75) is 13.8 Å². The Bertz CT molecular complexity index is 561. The summed E-state index contributed by atoms with van der Waals surface area (Å²) in [6.45, 7) is 5.13. The van der Waals surface area contributed by atoms with Crippen LogP contribution in [-0.2, 0) is 4.79 Å². The van der Waals surface area contributed by atoms with Gasteiger partial charge in [-0.3, -0.25) is 9.78 Å². The van der Waals surface area contributed by atoms with Crippen LogP contribution < -0.4 is 10.6 Å². The third-order valence-corrected chi connectivity index (χ3v) is 2.80. The maximum Gasteiger partial charge on any atom is 0.239 e. The molecule has 100 valence electrons. The van der Waals surface area contributed by atoms with Crippen LogP contribution in [0.2, 0.25) is 0 Å². The number of amides is 1. The Hall–Kier alpha value is -2.10. The van der Waals surface area contributed by atoms with Gasteiger partial charge in [0.1, 0.15) is 0 Å². The Morgan fingerprint density at radius 1 is 1.26 bits per heavy atom. The molecule has 2 N–H and O–H groups in total. The Morgan fingerprint density at radius 2 is 2.05 bits per heavy atom. The number of anilines is 1. The number of nitrogens with one attached hydrogen (secondary N) is 2. The standard InChI is InChI=1S/C15H19N3O/c1-11(2)9-18-15(19)10-17-14-7-8-16-13-6-4-3-5-12(13)14/h3-8,11H,9-10H2,1-2H3,(H,16,17)(H,18,19). The van der Waals surface area contributed by atoms with Gasteiger partial charge in [0.15, 0.2) is 0 Å². The SMILES string of the molecule is CC(C)CNC(=O)CNc1ccnc2ccccc12. The van der Waals surface area contributed by atoms with E-state index < -0.39 is 0 Å². The minimum atomic E-state index is 0.00888. The van der Waals surface area contributed by atoms with Crippen molar-refractivity contribution in [3.63, 3.8) is 0 Å². The van der Waals surface area contributed by atoms with Gasteiger partial charge in [-0.2, -0.15) is 0 Å². The summed E-state index contributed by atoms with van der Waals surface area (Å²) in [4.78, 5) is 16.0. The van der Waals surface area contributed by atoms with Crippen molar-refractivity contribution in [1.29, 1.82) is 0 Å². The van der Waals surface area contributed by atoms with Gasteiger partial charge in [0, 0.05) is 23.8 Å². The molecule has 0 saturated heterocycles. The molecule has 0 aliphatic rings. The summed E-state index contributed by atoms with van der Waals surface area (Å²) in [7, 11) is 0. The molecule has 0 saturated carbocycles. The van der Waals surface area contributed by atoms with Crippen molar-refractivity contribution in [1.82, 2.24) is 10.3 Å². The molecule has 2 rings (SSSR count). The van der Waals surface area contributed by atoms with E-state index in [1.807, 2.05) is 30.3 Å². The Morgan fingerprint density at radius 3 is 2.84 bits per heavy atom. The molecule has 1 amide bonds. The third kappa shape index (κ3) is 3.68. The molecular weight excluding hydrogens is 238 g/mol. The molecule has 1 aromatic heterocycles. The van der Waals surface area contributed by atoms with Gasteiger partial charge in [0.05, 0.1) is 12.1 Å². The Labute approximate surface area is 113 Å². The van der Waals surface area contributed by atoms with Gasteiger partial charge in [-0.05, 0) is 18.1 Å². The fraction of sp³-hybridized carbons (Fsp3) is 0.333. The molecule has 0 atom stereocenters. The number of aromatic nitrogens is 1. The largest absolute Gasteiger partial charge is 0.376 e. The number of pyridine rings is 1. The van der Waals surface area contributed by atoms with Gasteiger partial charge in [-0.25, -0.2) is 0 Å². The van der Waals surface area contributed by atoms with Crippen LogP contribution in [-0.4, -0.2) is 24.0 Å². The van der Waals surface area contributed by atoms with Gasteiger partial charge in [-0.1, -0.05) is 32.0 Å². The third-order valence-electron chi connectivity index (χ3n) is 2.80. The maximum absolute atomic E-state index is 11.7. The van der Waals surface area contributed by atoms with Crippen LogP contribution in [0.1, 0.15) is 13.8 Å². The van der Waals surface area contributed by atoms with Crippen LogP contribution in [0.25, 0.3) is 10.9 Å². The van der Waals surface area contributed by atoms with E-state index in [0.717, 1.165) is 16.6 Å². The zero-order chi connectivity index (χ0) is 13.7. The van der Waals surface area contributed by atoms with Crippen LogP contribution in [0.5, 0.6) is 0 Å². The van der Waals surface area contributed by atoms with Gasteiger partial charge in [0.2, 0.25) is 5.91 Å². The van der Waals surface area contributed by atoms with Gasteiger partial charge < -0.3 is 10.6 Å². The van der Waals surface area contributed by atoms with Crippen LogP contribution >= 0.6 is 0 Å². The smallest absolute Gasteiger partial charge is 0.239 e. The molecule has 0 radical (unpaired) electrons. The van der Waals surface area contributed by atoms with E-state index in [-0.39, 0.29) is 12.5 Å². The highest BCUT2D eigenvalue weighted by molar-refractivity contribution is 5.92. The molecule has 1 heterocycles. The highest BCUT2D eigenvalue weighted by Gasteiger charge is 2.04. The quantitative estimate of drug-likeness (QED) is 0.865. The van der Waals surface area contributed by atoms with Crippen molar-refractivity contribution in [2.75, 3.05) is 18.4 Å². The van der Waals surface area contributed by atoms with Gasteiger partial charge in [0.25, 0.3) is 0 Å². The van der Waals surface area contributed by atoms with Crippen molar-refractivity contribution < 1.29 is 4.79 Å². The molecule has 0 unspecified atom stereocenters. The minimum Gasteiger partial charge on any atom is -0.376 e. The van der Waals surface area contributed by atoms with E-state index in [4.69, 9.17) is 0 Å². The fourth-order valence-electron chi connectivity index (χ4n) is 1.81. The van der Waals surface area contributed by atoms with Crippen LogP contribution in [0.4, 0.5) is 5.69 Å². The first kappa shape index (κ1) is 13.3. The number of rotatable bonds is 5. The first-order valence-electron chi connectivity index (χ1n) is 6.51. The van der Waals surface area contributed by atoms with Gasteiger partial charge in [-0.15, -0.1) is 0 Å². The zero-order valence-corrected chi connectivity index (χ0v) is 11.3. The second-order valence-electron chi connectivity index (χ2n) is 4.93. The molecular formula is C15H19N3O. The summed E-state index contributed by atoms with van der Waals surface area (Å²) in [5.74, 6) is 0.472. The van der Waals surface area contributed by atoms with E-state index in [0.29, 0.717) is 12.5 Å². The van der Waals surface area contributed by atoms with E-state index in [2.05, 4.69) is 29.5 Å². The van der Waals surface area contributed by atoms with E-state index >= 15 is 0 Å². The summed E-state index contributed by atoms with van der Waals surface area (Å²) in [6, 6.07) is 9.76. The van der Waals surface area contributed by atoms with Crippen molar-refractivity contribution in [3.05, 3.63) is 36.5 Å². The Balaban J connectivity index is 2.00. The first-order chi connectivity index (χ1) is 9.16. The monoisotopic (exact) mass is 257 g/mol. The zero-order valence-electron chi connectivity index (χ0n) is 11.3. The predicted octanol–water partition coefficient (Wildman–Crippen LogP) is 2.42. The Kier molecular flexibility index (Phi) is 4.34. The van der Waals surface area contributed by atoms with Crippen LogP contribution in [0.3, 0.4) is 0 Å². The molecule has 0 aliphatic carbocycles. The molecule has 0 spiro atoms. The van der Waals surface area contributed by atoms with Crippen molar-refractivity contribution in [2.24, 2.45) is 5.92 Å². The summed E-state index contributed by atoms with van der Waals surface area (Å²) in [5, 5.41) is 7.07. The predicted molar refractivity (Wildman–Crippen MR) is 78.1 cm³/mol. The van der Waals surface area contributed by atoms with Crippen molar-refractivity contribution in [3.8, 4) is 0 Å². The minimum absolute atomic E-state index is 0.00888. The molecule has 4 nitrogen and oxygen atoms in total. The molecule has 0 bridgehead atoms. The molecule has 4 heteroatoms. The second-order valence-corrected chi connectivity index (χ2v) is 4.93. The lowest BCUT2D eigenvalue weighted by Crippen LogP contribution is -2.32. The number of hydrogen-bond donors (Lipinski definition) is 2. The first-order valence-corrected chi connectivity index (χ1v) is 6.51. The lowest BCUT2D eigenvalue weighted by molar-refractivity contribution is -0.119. The number of carbonyl (C=O) groups excluding carboxylic acids is 1. The van der Waals surface area contributed by atoms with Crippen LogP contribution in [0.15, 0.2) is 36.5 Å². The normalized spacial score (nSPS) is 10.7. The second kappa shape index (κ2) is 6.18. The number of fused-ring (bicyclic) bond motifs is 1. The average molecular weight is 257 g/mol. The summed E-state index contributed by atoms with van der Waals surface area (Å²) in [6.07, 6.45) is 1.75. The average Bonchev–Trinajstić information content (AvgIpc) is 2.42. The maximum atomic E-state index is 11.7. The molecule has 0 aliphatic heterocycles. The van der Waals surface area contributed by atoms with Crippen molar-refractivity contribution >= 4 is 22.5 Å². The summed E-state index contributed by atoms with van der Waals surface area (Å²) < 4.78 is 0. The van der Waals surface area contributed by atoms with Gasteiger partial charge >= 0.3 is 0 Å². The number of carbonyl (C=O) groups is 1. The summed E-state index contributed by atoms with van der Waals surface area (Å²) in [5.41, 5.74) is 1.86. The molecule has 2 aromatic rings. The highest BCUT2D eigenvalue weighted by Crippen LogP contribution is 2.20. The summed E-state index contributed by atoms with van der Waals surface area (Å²) >= 11 is 0. The topological polar surface area (TPSA) is 54.0 Å². The number of para-hydroxylation sites is 1. The van der Waals surface area contributed by atoms with E-state index in [9.17, 15) is 4.79 Å². The lowest BCUT2D eigenvalue weighted by Gasteiger charge is -2.10. The number of hydrogen-bond acceptors (Lipinski definition) is 3. The molecule has 1 aromatic carbocycles. The number of nitrogens with zero attached hydrogens (tertiary/aromatic N) is 1. The fourth-order valence-corrected chi connectivity index (χ4v) is 1.81. The number of benzene rings is 1. The molecule has 0 fully saturated rings. The van der Waals surface area contributed by atoms with E-state index in [1.54, 1.807) is 6.20 Å². The lowest BCUT2D eigenvalue weighted by atomic mass is 10.2.